The Morgan fingerprint density at radius 2 is 2.62 bits per heavy atom. The van der Waals surface area contributed by atoms with E-state index < -0.39 is 0 Å². The quantitative estimate of drug-likeness (QED) is 0.521. The first-order valence-corrected chi connectivity index (χ1v) is 2.64. The van der Waals surface area contributed by atoms with Crippen LogP contribution < -0.4 is 0 Å². The van der Waals surface area contributed by atoms with Crippen LogP contribution >= 0.6 is 0 Å². The summed E-state index contributed by atoms with van der Waals surface area (Å²) in [6.45, 7) is 2.86. The van der Waals surface area contributed by atoms with E-state index >= 15 is 0 Å². The molecule has 44 valence electrons. The lowest BCUT2D eigenvalue weighted by Gasteiger charge is -1.82. The molecule has 0 amide bonds. The van der Waals surface area contributed by atoms with Crippen molar-refractivity contribution in [3.63, 3.8) is 0 Å². The van der Waals surface area contributed by atoms with E-state index in [1.54, 1.807) is 0 Å². The van der Waals surface area contributed by atoms with Crippen LogP contribution in [0.1, 0.15) is 6.92 Å². The van der Waals surface area contributed by atoms with E-state index in [4.69, 9.17) is 5.11 Å². The van der Waals surface area contributed by atoms with E-state index in [2.05, 4.69) is 4.99 Å². The Labute approximate surface area is 48.6 Å². The highest BCUT2D eigenvalue weighted by atomic mass is 16.3. The molecule has 8 heavy (non-hydrogen) atoms. The Bertz CT molecular complexity index is 147. The number of aliphatic hydroxyl groups excluding tert-OH is 1. The third kappa shape index (κ3) is 0.954. The second-order valence-electron chi connectivity index (χ2n) is 1.96. The van der Waals surface area contributed by atoms with Gasteiger partial charge in [-0.1, -0.05) is 5.57 Å². The third-order valence-electron chi connectivity index (χ3n) is 1.11. The largest absolute Gasteiger partial charge is 0.390 e. The summed E-state index contributed by atoms with van der Waals surface area (Å²) in [6.07, 6.45) is 1.92. The lowest BCUT2D eigenvalue weighted by Crippen LogP contribution is -1.95. The molecule has 0 radical (unpaired) electrons. The van der Waals surface area contributed by atoms with Crippen LogP contribution in [0.2, 0.25) is 0 Å². The van der Waals surface area contributed by atoms with E-state index in [-0.39, 0.29) is 6.61 Å². The summed E-state index contributed by atoms with van der Waals surface area (Å²) in [6, 6.07) is 0. The molecule has 1 N–H and O–H groups in total. The summed E-state index contributed by atoms with van der Waals surface area (Å²) in [4.78, 5) is 4.01. The van der Waals surface area contributed by atoms with Gasteiger partial charge in [0.25, 0.3) is 0 Å². The minimum Gasteiger partial charge on any atom is -0.390 e. The average Bonchev–Trinajstić information content (AvgIpc) is 2.14. The molecule has 0 saturated carbocycles. The zero-order valence-electron chi connectivity index (χ0n) is 4.89. The van der Waals surface area contributed by atoms with Crippen LogP contribution in [-0.2, 0) is 0 Å². The topological polar surface area (TPSA) is 32.6 Å². The van der Waals surface area contributed by atoms with Gasteiger partial charge in [0, 0.05) is 0 Å². The highest BCUT2D eigenvalue weighted by Gasteiger charge is 2.00. The number of nitrogens with zero attached hydrogens (tertiary/aromatic N) is 1. The molecule has 0 saturated heterocycles. The van der Waals surface area contributed by atoms with Gasteiger partial charge in [-0.3, -0.25) is 4.99 Å². The van der Waals surface area contributed by atoms with Gasteiger partial charge < -0.3 is 5.11 Å². The highest BCUT2D eigenvalue weighted by Crippen LogP contribution is 2.02. The lowest BCUT2D eigenvalue weighted by molar-refractivity contribution is 0.358. The molecule has 1 rings (SSSR count). The molecule has 0 aliphatic carbocycles. The monoisotopic (exact) mass is 111 g/mol. The van der Waals surface area contributed by atoms with Crippen molar-refractivity contribution >= 4 is 5.71 Å². The standard InChI is InChI=1S/C6H9NO/c1-5-2-6(4-8)7-3-5/h2,8H,3-4H2,1H3. The molecule has 0 spiro atoms. The number of hydrogen-bond acceptors (Lipinski definition) is 2. The van der Waals surface area contributed by atoms with Gasteiger partial charge in [0.2, 0.25) is 0 Å². The predicted molar refractivity (Wildman–Crippen MR) is 33.1 cm³/mol. The molecule has 0 fully saturated rings. The first-order valence-electron chi connectivity index (χ1n) is 2.64. The van der Waals surface area contributed by atoms with Crippen molar-refractivity contribution in [2.75, 3.05) is 13.2 Å². The molecule has 2 nitrogen and oxygen atoms in total. The van der Waals surface area contributed by atoms with E-state index in [0.717, 1.165) is 12.3 Å². The van der Waals surface area contributed by atoms with Crippen LogP contribution in [0.5, 0.6) is 0 Å². The molecule has 0 aromatic rings. The van der Waals surface area contributed by atoms with Crippen LogP contribution in [0.15, 0.2) is 16.6 Å². The summed E-state index contributed by atoms with van der Waals surface area (Å²) in [5.74, 6) is 0. The lowest BCUT2D eigenvalue weighted by atomic mass is 10.3. The van der Waals surface area contributed by atoms with Crippen LogP contribution in [0.25, 0.3) is 0 Å². The van der Waals surface area contributed by atoms with Gasteiger partial charge in [-0.05, 0) is 13.0 Å². The van der Waals surface area contributed by atoms with Gasteiger partial charge in [-0.15, -0.1) is 0 Å². The van der Waals surface area contributed by atoms with Crippen molar-refractivity contribution < 1.29 is 5.11 Å². The summed E-state index contributed by atoms with van der Waals surface area (Å²) in [5, 5.41) is 8.51. The maximum absolute atomic E-state index is 8.51. The molecular weight excluding hydrogens is 102 g/mol. The van der Waals surface area contributed by atoms with Crippen molar-refractivity contribution in [2.45, 2.75) is 6.92 Å². The van der Waals surface area contributed by atoms with Crippen LogP contribution in [0.3, 0.4) is 0 Å². The molecule has 0 unspecified atom stereocenters. The van der Waals surface area contributed by atoms with Gasteiger partial charge in [-0.25, -0.2) is 0 Å². The Morgan fingerprint density at radius 1 is 1.88 bits per heavy atom. The molecule has 1 aliphatic rings. The Hall–Kier alpha value is -0.630. The molecule has 0 atom stereocenters. The fourth-order valence-corrected chi connectivity index (χ4v) is 0.698. The zero-order chi connectivity index (χ0) is 5.98. The smallest absolute Gasteiger partial charge is 0.0848 e. The van der Waals surface area contributed by atoms with Crippen LogP contribution in [0, 0.1) is 0 Å². The number of aliphatic imine (C=N–C) groups is 1. The minimum absolute atomic E-state index is 0.0807. The van der Waals surface area contributed by atoms with Gasteiger partial charge in [0.05, 0.1) is 18.9 Å². The van der Waals surface area contributed by atoms with E-state index in [1.807, 2.05) is 13.0 Å². The fourth-order valence-electron chi connectivity index (χ4n) is 0.698. The second-order valence-corrected chi connectivity index (χ2v) is 1.96. The maximum atomic E-state index is 8.51. The van der Waals surface area contributed by atoms with Crippen molar-refractivity contribution in [2.24, 2.45) is 4.99 Å². The summed E-state index contributed by atoms with van der Waals surface area (Å²) in [5.41, 5.74) is 2.04. The first-order chi connectivity index (χ1) is 3.83. The summed E-state index contributed by atoms with van der Waals surface area (Å²) >= 11 is 0. The van der Waals surface area contributed by atoms with Crippen molar-refractivity contribution in [3.8, 4) is 0 Å². The minimum atomic E-state index is 0.0807. The van der Waals surface area contributed by atoms with Gasteiger partial charge in [-0.2, -0.15) is 0 Å². The van der Waals surface area contributed by atoms with E-state index in [9.17, 15) is 0 Å². The predicted octanol–water partition coefficient (Wildman–Crippen LogP) is 0.380. The average molecular weight is 111 g/mol. The van der Waals surface area contributed by atoms with Crippen LogP contribution in [0.4, 0.5) is 0 Å². The molecular formula is C6H9NO. The third-order valence-corrected chi connectivity index (χ3v) is 1.11. The first kappa shape index (κ1) is 5.51. The summed E-state index contributed by atoms with van der Waals surface area (Å²) in [7, 11) is 0. The molecule has 2 heteroatoms. The second kappa shape index (κ2) is 2.09. The molecule has 0 aromatic heterocycles. The van der Waals surface area contributed by atoms with Gasteiger partial charge >= 0.3 is 0 Å². The Morgan fingerprint density at radius 3 is 2.88 bits per heavy atom. The van der Waals surface area contributed by atoms with Crippen molar-refractivity contribution in [3.05, 3.63) is 11.6 Å². The highest BCUT2D eigenvalue weighted by molar-refractivity contribution is 5.98. The zero-order valence-corrected chi connectivity index (χ0v) is 4.89. The van der Waals surface area contributed by atoms with E-state index in [0.29, 0.717) is 0 Å². The van der Waals surface area contributed by atoms with Crippen molar-refractivity contribution in [1.29, 1.82) is 0 Å². The van der Waals surface area contributed by atoms with Gasteiger partial charge in [0.15, 0.2) is 0 Å². The van der Waals surface area contributed by atoms with Gasteiger partial charge in [0.1, 0.15) is 0 Å². The number of hydrogen-bond donors (Lipinski definition) is 1. The molecule has 1 aliphatic heterocycles. The molecule has 0 aromatic carbocycles. The fraction of sp³-hybridized carbons (Fsp3) is 0.500. The van der Waals surface area contributed by atoms with Crippen molar-refractivity contribution in [1.82, 2.24) is 0 Å². The Balaban J connectivity index is 2.58. The number of rotatable bonds is 1. The summed E-state index contributed by atoms with van der Waals surface area (Å²) < 4.78 is 0. The normalized spacial score (nSPS) is 18.2. The molecule has 1 heterocycles. The molecule has 0 bridgehead atoms. The maximum Gasteiger partial charge on any atom is 0.0848 e. The van der Waals surface area contributed by atoms with E-state index in [1.165, 1.54) is 5.57 Å². The number of aliphatic hydroxyl groups is 1. The Kier molecular flexibility index (Phi) is 1.44. The van der Waals surface area contributed by atoms with Crippen LogP contribution in [-0.4, -0.2) is 24.0 Å². The SMILES string of the molecule is CC1=CC(CO)=NC1.